The molecule has 0 bridgehead atoms. The first-order chi connectivity index (χ1) is 19.3. The van der Waals surface area contributed by atoms with Crippen molar-refractivity contribution in [1.82, 2.24) is 14.9 Å². The van der Waals surface area contributed by atoms with Gasteiger partial charge in [0.1, 0.15) is 17.3 Å². The molecular weight excluding hydrogens is 498 g/mol. The summed E-state index contributed by atoms with van der Waals surface area (Å²) in [4.78, 5) is 17.2. The third kappa shape index (κ3) is 8.35. The van der Waals surface area contributed by atoms with Gasteiger partial charge in [-0.1, -0.05) is 63.6 Å². The molecule has 40 heavy (non-hydrogen) atoms. The maximum Gasteiger partial charge on any atom is 0.224 e. The Kier molecular flexibility index (Phi) is 10.2. The predicted molar refractivity (Wildman–Crippen MR) is 162 cm³/mol. The summed E-state index contributed by atoms with van der Waals surface area (Å²) in [5.41, 5.74) is 4.66. The number of para-hydroxylation sites is 2. The zero-order valence-electron chi connectivity index (χ0n) is 24.4. The van der Waals surface area contributed by atoms with Crippen molar-refractivity contribution in [2.45, 2.75) is 71.3 Å². The Bertz CT molecular complexity index is 1350. The van der Waals surface area contributed by atoms with Crippen molar-refractivity contribution in [2.24, 2.45) is 0 Å². The Morgan fingerprint density at radius 3 is 2.33 bits per heavy atom. The average molecular weight is 542 g/mol. The van der Waals surface area contributed by atoms with E-state index in [1.807, 2.05) is 30.3 Å². The van der Waals surface area contributed by atoms with E-state index >= 15 is 0 Å². The number of aryl methyl sites for hydroxylation is 2. The van der Waals surface area contributed by atoms with Gasteiger partial charge in [-0.2, -0.15) is 0 Å². The van der Waals surface area contributed by atoms with Gasteiger partial charge < -0.3 is 19.4 Å². The average Bonchev–Trinajstić information content (AvgIpc) is 3.30. The molecule has 0 radical (unpaired) electrons. The van der Waals surface area contributed by atoms with Crippen molar-refractivity contribution in [1.29, 1.82) is 0 Å². The molecular formula is C34H43N3O3. The van der Waals surface area contributed by atoms with Gasteiger partial charge in [0, 0.05) is 19.5 Å². The molecule has 6 nitrogen and oxygen atoms in total. The van der Waals surface area contributed by atoms with Crippen molar-refractivity contribution in [3.63, 3.8) is 0 Å². The lowest BCUT2D eigenvalue weighted by molar-refractivity contribution is -0.120. The number of nitrogens with zero attached hydrogens (tertiary/aromatic N) is 2. The van der Waals surface area contributed by atoms with Crippen LogP contribution in [-0.4, -0.2) is 35.7 Å². The normalized spacial score (nSPS) is 11.5. The molecule has 0 aliphatic heterocycles. The fourth-order valence-corrected chi connectivity index (χ4v) is 4.83. The highest BCUT2D eigenvalue weighted by Gasteiger charge is 2.13. The van der Waals surface area contributed by atoms with E-state index in [-0.39, 0.29) is 11.3 Å². The van der Waals surface area contributed by atoms with E-state index < -0.39 is 0 Å². The highest BCUT2D eigenvalue weighted by Crippen LogP contribution is 2.24. The lowest BCUT2D eigenvalue weighted by atomic mass is 9.87. The summed E-state index contributed by atoms with van der Waals surface area (Å²) in [6.45, 7) is 8.89. The quantitative estimate of drug-likeness (QED) is 0.177. The molecule has 4 rings (SSSR count). The molecule has 0 fully saturated rings. The second kappa shape index (κ2) is 14.0. The van der Waals surface area contributed by atoms with Gasteiger partial charge in [-0.3, -0.25) is 4.79 Å². The minimum atomic E-state index is 0.0549. The molecule has 1 N–H and O–H groups in total. The molecule has 0 aliphatic carbocycles. The fourth-order valence-electron chi connectivity index (χ4n) is 4.83. The summed E-state index contributed by atoms with van der Waals surface area (Å²) >= 11 is 0. The maximum absolute atomic E-state index is 12.3. The van der Waals surface area contributed by atoms with Crippen LogP contribution in [0.15, 0.2) is 72.8 Å². The van der Waals surface area contributed by atoms with E-state index in [1.165, 1.54) is 11.1 Å². The second-order valence-electron chi connectivity index (χ2n) is 11.3. The van der Waals surface area contributed by atoms with Gasteiger partial charge in [-0.05, 0) is 72.2 Å². The first-order valence-corrected chi connectivity index (χ1v) is 14.4. The number of ether oxygens (including phenoxy) is 2. The molecule has 0 saturated carbocycles. The topological polar surface area (TPSA) is 65.4 Å². The van der Waals surface area contributed by atoms with Gasteiger partial charge >= 0.3 is 0 Å². The van der Waals surface area contributed by atoms with Gasteiger partial charge in [0.15, 0.2) is 0 Å². The number of carbonyl (C=O) groups excluding carboxylic acids is 1. The lowest BCUT2D eigenvalue weighted by Crippen LogP contribution is -2.26. The number of rotatable bonds is 14. The van der Waals surface area contributed by atoms with Crippen molar-refractivity contribution < 1.29 is 14.3 Å². The molecule has 0 unspecified atom stereocenters. The largest absolute Gasteiger partial charge is 0.497 e. The third-order valence-electron chi connectivity index (χ3n) is 7.17. The standard InChI is InChI=1S/C34H43N3O3/c1-34(2,3)27-16-20-29(21-17-27)40-24-10-23-37-31-12-8-7-11-30(31)36-32(37)13-6-5-9-22-35-33(38)25-26-14-18-28(39-4)19-15-26/h7-8,11-12,14-21H,5-6,9-10,13,22-25H2,1-4H3,(H,35,38). The summed E-state index contributed by atoms with van der Waals surface area (Å²) in [7, 11) is 1.64. The summed E-state index contributed by atoms with van der Waals surface area (Å²) < 4.78 is 13.6. The lowest BCUT2D eigenvalue weighted by Gasteiger charge is -2.19. The van der Waals surface area contributed by atoms with E-state index in [1.54, 1.807) is 7.11 Å². The Labute approximate surface area is 238 Å². The molecule has 1 amide bonds. The van der Waals surface area contributed by atoms with Gasteiger partial charge in [0.2, 0.25) is 5.91 Å². The van der Waals surface area contributed by atoms with Crippen LogP contribution in [0.5, 0.6) is 11.5 Å². The Morgan fingerprint density at radius 2 is 1.60 bits per heavy atom. The smallest absolute Gasteiger partial charge is 0.224 e. The van der Waals surface area contributed by atoms with E-state index in [4.69, 9.17) is 14.5 Å². The molecule has 0 spiro atoms. The summed E-state index contributed by atoms with van der Waals surface area (Å²) in [5.74, 6) is 2.89. The number of methoxy groups -OCH3 is 1. The molecule has 212 valence electrons. The number of hydrogen-bond acceptors (Lipinski definition) is 4. The molecule has 0 saturated heterocycles. The van der Waals surface area contributed by atoms with E-state index in [0.717, 1.165) is 67.1 Å². The van der Waals surface area contributed by atoms with Crippen molar-refractivity contribution in [3.8, 4) is 11.5 Å². The number of carbonyl (C=O) groups is 1. The maximum atomic E-state index is 12.3. The SMILES string of the molecule is COc1ccc(CC(=O)NCCCCCc2nc3ccccc3n2CCCOc2ccc(C(C)(C)C)cc2)cc1. The van der Waals surface area contributed by atoms with Crippen LogP contribution >= 0.6 is 0 Å². The van der Waals surface area contributed by atoms with Crippen LogP contribution in [0.3, 0.4) is 0 Å². The predicted octanol–water partition coefficient (Wildman–Crippen LogP) is 6.88. The first kappa shape index (κ1) is 29.2. The van der Waals surface area contributed by atoms with Crippen LogP contribution in [0.1, 0.15) is 63.4 Å². The molecule has 1 heterocycles. The Morgan fingerprint density at radius 1 is 0.875 bits per heavy atom. The van der Waals surface area contributed by atoms with Gasteiger partial charge in [-0.25, -0.2) is 4.98 Å². The monoisotopic (exact) mass is 541 g/mol. The number of amides is 1. The number of nitrogens with one attached hydrogen (secondary N) is 1. The van der Waals surface area contributed by atoms with Crippen molar-refractivity contribution in [3.05, 3.63) is 89.7 Å². The molecule has 6 heteroatoms. The van der Waals surface area contributed by atoms with Crippen LogP contribution in [0.4, 0.5) is 0 Å². The van der Waals surface area contributed by atoms with Gasteiger partial charge in [0.05, 0.1) is 31.2 Å². The van der Waals surface area contributed by atoms with Gasteiger partial charge in [0.25, 0.3) is 0 Å². The molecule has 4 aromatic rings. The second-order valence-corrected chi connectivity index (χ2v) is 11.3. The van der Waals surface area contributed by atoms with Crippen LogP contribution < -0.4 is 14.8 Å². The zero-order chi connectivity index (χ0) is 28.4. The van der Waals surface area contributed by atoms with E-state index in [0.29, 0.717) is 19.6 Å². The fraction of sp³-hybridized carbons (Fsp3) is 0.412. The van der Waals surface area contributed by atoms with E-state index in [2.05, 4.69) is 73.1 Å². The number of hydrogen-bond donors (Lipinski definition) is 1. The van der Waals surface area contributed by atoms with Crippen LogP contribution in [0.25, 0.3) is 11.0 Å². The van der Waals surface area contributed by atoms with Crippen LogP contribution in [0.2, 0.25) is 0 Å². The summed E-state index contributed by atoms with van der Waals surface area (Å²) in [5, 5.41) is 3.04. The first-order valence-electron chi connectivity index (χ1n) is 14.4. The molecule has 3 aromatic carbocycles. The highest BCUT2D eigenvalue weighted by atomic mass is 16.5. The summed E-state index contributed by atoms with van der Waals surface area (Å²) in [6.07, 6.45) is 5.25. The van der Waals surface area contributed by atoms with Crippen molar-refractivity contribution in [2.75, 3.05) is 20.3 Å². The third-order valence-corrected chi connectivity index (χ3v) is 7.17. The minimum absolute atomic E-state index is 0.0549. The van der Waals surface area contributed by atoms with Crippen molar-refractivity contribution >= 4 is 16.9 Å². The number of aromatic nitrogens is 2. The number of benzene rings is 3. The van der Waals surface area contributed by atoms with E-state index in [9.17, 15) is 4.79 Å². The Balaban J connectivity index is 1.20. The number of fused-ring (bicyclic) bond motifs is 1. The molecule has 0 aliphatic rings. The molecule has 1 aromatic heterocycles. The Hall–Kier alpha value is -3.80. The molecule has 0 atom stereocenters. The van der Waals surface area contributed by atoms with Crippen LogP contribution in [-0.2, 0) is 29.6 Å². The highest BCUT2D eigenvalue weighted by molar-refractivity contribution is 5.78. The zero-order valence-corrected chi connectivity index (χ0v) is 24.4. The minimum Gasteiger partial charge on any atom is -0.497 e. The number of unbranched alkanes of at least 4 members (excludes halogenated alkanes) is 2. The van der Waals surface area contributed by atoms with Crippen LogP contribution in [0, 0.1) is 0 Å². The number of imidazole rings is 1. The van der Waals surface area contributed by atoms with Gasteiger partial charge in [-0.15, -0.1) is 0 Å². The summed E-state index contributed by atoms with van der Waals surface area (Å²) in [6, 6.07) is 24.4.